The Labute approximate surface area is 208 Å². The molecule has 2 aromatic carbocycles. The second-order valence-corrected chi connectivity index (χ2v) is 9.52. The van der Waals surface area contributed by atoms with Crippen LogP contribution in [0.15, 0.2) is 48.0 Å². The van der Waals surface area contributed by atoms with Crippen LogP contribution in [0.3, 0.4) is 0 Å². The van der Waals surface area contributed by atoms with Gasteiger partial charge in [0.15, 0.2) is 0 Å². The molecule has 7 nitrogen and oxygen atoms in total. The molecule has 0 bridgehead atoms. The van der Waals surface area contributed by atoms with E-state index in [1.165, 1.54) is 11.1 Å². The summed E-state index contributed by atoms with van der Waals surface area (Å²) in [4.78, 5) is 9.69. The molecule has 0 aromatic heterocycles. The lowest BCUT2D eigenvalue weighted by Gasteiger charge is -2.38. The molecule has 1 aliphatic carbocycles. The summed E-state index contributed by atoms with van der Waals surface area (Å²) in [7, 11) is 1.61. The smallest absolute Gasteiger partial charge is 0.221 e. The van der Waals surface area contributed by atoms with Crippen molar-refractivity contribution in [1.29, 1.82) is 0 Å². The zero-order chi connectivity index (χ0) is 24.9. The average molecular weight is 479 g/mol. The van der Waals surface area contributed by atoms with Crippen LogP contribution in [0.4, 0.5) is 5.69 Å². The molecule has 0 amide bonds. The summed E-state index contributed by atoms with van der Waals surface area (Å²) in [6.07, 6.45) is 2.17. The van der Waals surface area contributed by atoms with Gasteiger partial charge < -0.3 is 20.3 Å². The molecule has 4 rings (SSSR count). The van der Waals surface area contributed by atoms with Crippen molar-refractivity contribution in [2.45, 2.75) is 38.8 Å². The summed E-state index contributed by atoms with van der Waals surface area (Å²) in [5, 5.41) is 9.22. The number of benzene rings is 2. The van der Waals surface area contributed by atoms with Crippen molar-refractivity contribution >= 4 is 17.3 Å². The van der Waals surface area contributed by atoms with E-state index in [0.717, 1.165) is 56.7 Å². The highest BCUT2D eigenvalue weighted by Crippen LogP contribution is 2.39. The molecule has 1 fully saturated rings. The van der Waals surface area contributed by atoms with Gasteiger partial charge in [-0.3, -0.25) is 9.80 Å². The predicted molar refractivity (Wildman–Crippen MR) is 142 cm³/mol. The number of nitrogen functional groups attached to an aromatic ring is 1. The third kappa shape index (κ3) is 5.69. The summed E-state index contributed by atoms with van der Waals surface area (Å²) >= 11 is 0. The van der Waals surface area contributed by atoms with E-state index in [-0.39, 0.29) is 12.7 Å². The van der Waals surface area contributed by atoms with E-state index in [1.807, 2.05) is 32.0 Å². The van der Waals surface area contributed by atoms with Crippen LogP contribution in [0.1, 0.15) is 48.6 Å². The molecule has 1 heterocycles. The van der Waals surface area contributed by atoms with Gasteiger partial charge in [-0.2, -0.15) is 0 Å². The number of aliphatic hydroxyl groups excluding tert-OH is 1. The number of nitrogens with two attached hydrogens (primary N) is 1. The number of fused-ring (bicyclic) bond motifs is 1. The number of hydrogen-bond acceptors (Lipinski definition) is 7. The molecular weight excluding hydrogens is 440 g/mol. The maximum atomic E-state index is 9.22. The van der Waals surface area contributed by atoms with Crippen LogP contribution < -0.4 is 10.5 Å². The van der Waals surface area contributed by atoms with Gasteiger partial charge in [0, 0.05) is 49.9 Å². The van der Waals surface area contributed by atoms with E-state index in [9.17, 15) is 5.11 Å². The van der Waals surface area contributed by atoms with Crippen LogP contribution in [-0.2, 0) is 11.2 Å². The number of anilines is 1. The van der Waals surface area contributed by atoms with Gasteiger partial charge >= 0.3 is 0 Å². The molecular formula is C28H38N4O3. The number of aliphatic hydroxyl groups is 1. The highest BCUT2D eigenvalue weighted by Gasteiger charge is 2.31. The van der Waals surface area contributed by atoms with Gasteiger partial charge in [-0.15, -0.1) is 0 Å². The minimum atomic E-state index is 0.0481. The van der Waals surface area contributed by atoms with Crippen LogP contribution in [0.2, 0.25) is 0 Å². The topological polar surface area (TPSA) is 83.6 Å². The standard InChI is InChI=1S/C28H38N4O3/c1-19(2)35-27-11-8-21(18-25(27)29)28(34-4)30-20(3)22-6-5-7-24-23(22)9-10-26(24)32-14-12-31(13-15-32)16-17-33/h5-8,11,18-19,26,33H,3,9-10,12-17,29H2,1-2,4H3. The molecule has 7 heteroatoms. The number of nitrogens with zero attached hydrogens (tertiary/aromatic N) is 3. The molecule has 1 unspecified atom stereocenters. The monoisotopic (exact) mass is 478 g/mol. The molecule has 188 valence electrons. The third-order valence-corrected chi connectivity index (χ3v) is 6.86. The number of piperazine rings is 1. The Hall–Kier alpha value is -2.87. The number of rotatable bonds is 8. The molecule has 1 saturated heterocycles. The first kappa shape index (κ1) is 25.2. The highest BCUT2D eigenvalue weighted by molar-refractivity contribution is 5.98. The van der Waals surface area contributed by atoms with Crippen LogP contribution in [0.5, 0.6) is 5.75 Å². The van der Waals surface area contributed by atoms with Crippen molar-refractivity contribution in [1.82, 2.24) is 9.80 Å². The van der Waals surface area contributed by atoms with E-state index < -0.39 is 0 Å². The van der Waals surface area contributed by atoms with Gasteiger partial charge in [-0.25, -0.2) is 4.99 Å². The molecule has 0 radical (unpaired) electrons. The van der Waals surface area contributed by atoms with E-state index in [0.29, 0.717) is 29.1 Å². The van der Waals surface area contributed by atoms with Crippen LogP contribution in [-0.4, -0.2) is 73.3 Å². The molecule has 0 spiro atoms. The Morgan fingerprint density at radius 2 is 1.97 bits per heavy atom. The first-order valence-corrected chi connectivity index (χ1v) is 12.5. The first-order valence-electron chi connectivity index (χ1n) is 12.5. The fourth-order valence-electron chi connectivity index (χ4n) is 5.18. The van der Waals surface area contributed by atoms with Crippen molar-refractivity contribution in [3.05, 3.63) is 65.2 Å². The summed E-state index contributed by atoms with van der Waals surface area (Å²) in [5.41, 5.74) is 12.0. The molecule has 2 aromatic rings. The van der Waals surface area contributed by atoms with Crippen LogP contribution in [0, 0.1) is 0 Å². The first-order chi connectivity index (χ1) is 16.9. The van der Waals surface area contributed by atoms with Crippen molar-refractivity contribution in [2.24, 2.45) is 4.99 Å². The van der Waals surface area contributed by atoms with Crippen LogP contribution >= 0.6 is 0 Å². The Bertz CT molecular complexity index is 1070. The quantitative estimate of drug-likeness (QED) is 0.342. The fraction of sp³-hybridized carbons (Fsp3) is 0.464. The molecule has 35 heavy (non-hydrogen) atoms. The Kier molecular flexibility index (Phi) is 8.11. The summed E-state index contributed by atoms with van der Waals surface area (Å²) in [6.45, 7) is 13.3. The average Bonchev–Trinajstić information content (AvgIpc) is 3.28. The number of hydrogen-bond donors (Lipinski definition) is 2. The van der Waals surface area contributed by atoms with Gasteiger partial charge in [0.1, 0.15) is 5.75 Å². The molecule has 0 saturated carbocycles. The highest BCUT2D eigenvalue weighted by atomic mass is 16.5. The number of aliphatic imine (C=N–C) groups is 1. The van der Waals surface area contributed by atoms with Gasteiger partial charge in [0.2, 0.25) is 5.90 Å². The predicted octanol–water partition coefficient (Wildman–Crippen LogP) is 3.72. The van der Waals surface area contributed by atoms with Gasteiger partial charge in [0.05, 0.1) is 31.2 Å². The Morgan fingerprint density at radius 1 is 1.20 bits per heavy atom. The molecule has 1 atom stereocenters. The molecule has 3 N–H and O–H groups in total. The van der Waals surface area contributed by atoms with Crippen molar-refractivity contribution in [3.63, 3.8) is 0 Å². The maximum Gasteiger partial charge on any atom is 0.221 e. The maximum absolute atomic E-state index is 9.22. The van der Waals surface area contributed by atoms with E-state index >= 15 is 0 Å². The van der Waals surface area contributed by atoms with E-state index in [4.69, 9.17) is 20.2 Å². The minimum Gasteiger partial charge on any atom is -0.489 e. The lowest BCUT2D eigenvalue weighted by molar-refractivity contribution is 0.0837. The second kappa shape index (κ2) is 11.2. The Morgan fingerprint density at radius 3 is 2.63 bits per heavy atom. The Balaban J connectivity index is 1.53. The number of ether oxygens (including phenoxy) is 2. The largest absolute Gasteiger partial charge is 0.489 e. The lowest BCUT2D eigenvalue weighted by Crippen LogP contribution is -2.47. The minimum absolute atomic E-state index is 0.0481. The summed E-state index contributed by atoms with van der Waals surface area (Å²) in [5.74, 6) is 1.13. The van der Waals surface area contributed by atoms with Crippen molar-refractivity contribution in [2.75, 3.05) is 52.2 Å². The number of β-amino-alcohol motifs (C(OH)–C–C–N with tert-alkyl or cyclic N) is 1. The zero-order valence-electron chi connectivity index (χ0n) is 21.2. The fourth-order valence-corrected chi connectivity index (χ4v) is 5.18. The third-order valence-electron chi connectivity index (χ3n) is 6.86. The van der Waals surface area contributed by atoms with Gasteiger partial charge in [0.25, 0.3) is 0 Å². The number of methoxy groups -OCH3 is 1. The summed E-state index contributed by atoms with van der Waals surface area (Å²) < 4.78 is 11.4. The van der Waals surface area contributed by atoms with Gasteiger partial charge in [-0.05, 0) is 56.0 Å². The molecule has 2 aliphatic rings. The van der Waals surface area contributed by atoms with Crippen molar-refractivity contribution < 1.29 is 14.6 Å². The summed E-state index contributed by atoms with van der Waals surface area (Å²) in [6, 6.07) is 12.5. The van der Waals surface area contributed by atoms with Crippen molar-refractivity contribution in [3.8, 4) is 5.75 Å². The van der Waals surface area contributed by atoms with E-state index in [1.54, 1.807) is 7.11 Å². The molecule has 1 aliphatic heterocycles. The second-order valence-electron chi connectivity index (χ2n) is 9.52. The lowest BCUT2D eigenvalue weighted by atomic mass is 9.99. The van der Waals surface area contributed by atoms with Crippen LogP contribution in [0.25, 0.3) is 5.70 Å². The zero-order valence-corrected chi connectivity index (χ0v) is 21.2. The van der Waals surface area contributed by atoms with E-state index in [2.05, 4.69) is 34.6 Å². The normalized spacial score (nSPS) is 19.1. The SMILES string of the molecule is C=C(N=C(OC)c1ccc(OC(C)C)c(N)c1)c1cccc2c1CCC2N1CCN(CCO)CC1. The van der Waals surface area contributed by atoms with Gasteiger partial charge in [-0.1, -0.05) is 24.8 Å².